The van der Waals surface area contributed by atoms with Crippen LogP contribution in [0.15, 0.2) is 0 Å². The van der Waals surface area contributed by atoms with Gasteiger partial charge in [0.2, 0.25) is 0 Å². The van der Waals surface area contributed by atoms with Crippen LogP contribution in [0.2, 0.25) is 0 Å². The van der Waals surface area contributed by atoms with Crippen LogP contribution in [0.1, 0.15) is 48.6 Å². The molecule has 0 aliphatic heterocycles. The lowest BCUT2D eigenvalue weighted by molar-refractivity contribution is 0.0948. The predicted molar refractivity (Wildman–Crippen MR) is 83.2 cm³/mol. The van der Waals surface area contributed by atoms with Gasteiger partial charge in [-0.1, -0.05) is 13.8 Å². The van der Waals surface area contributed by atoms with Crippen molar-refractivity contribution in [2.75, 3.05) is 5.73 Å². The maximum absolute atomic E-state index is 12.2. The Labute approximate surface area is 122 Å². The van der Waals surface area contributed by atoms with Gasteiger partial charge in [-0.2, -0.15) is 5.10 Å². The molecule has 0 aliphatic rings. The van der Waals surface area contributed by atoms with Gasteiger partial charge in [-0.25, -0.2) is 0 Å². The van der Waals surface area contributed by atoms with E-state index in [9.17, 15) is 4.79 Å². The molecule has 0 unspecified atom stereocenters. The minimum Gasteiger partial charge on any atom is -0.397 e. The number of nitrogens with one attached hydrogen (secondary N) is 1. The van der Waals surface area contributed by atoms with E-state index in [1.54, 1.807) is 0 Å². The van der Waals surface area contributed by atoms with Crippen LogP contribution < -0.4 is 11.1 Å². The van der Waals surface area contributed by atoms with Crippen molar-refractivity contribution in [3.05, 3.63) is 16.1 Å². The molecule has 6 heteroatoms. The number of hydrogen-bond acceptors (Lipinski definition) is 5. The molecular weight excluding hydrogens is 272 g/mol. The van der Waals surface area contributed by atoms with Crippen molar-refractivity contribution in [3.63, 3.8) is 0 Å². The highest BCUT2D eigenvalue weighted by molar-refractivity contribution is 7.21. The van der Waals surface area contributed by atoms with E-state index in [4.69, 9.17) is 5.73 Å². The van der Waals surface area contributed by atoms with Gasteiger partial charge in [0, 0.05) is 11.4 Å². The molecule has 108 valence electrons. The van der Waals surface area contributed by atoms with Gasteiger partial charge in [0.1, 0.15) is 9.71 Å². The molecule has 20 heavy (non-hydrogen) atoms. The molecule has 3 N–H and O–H groups in total. The number of rotatable bonds is 4. The molecule has 2 aromatic heterocycles. The zero-order valence-electron chi connectivity index (χ0n) is 12.3. The van der Waals surface area contributed by atoms with E-state index in [2.05, 4.69) is 22.4 Å². The average molecular weight is 292 g/mol. The van der Waals surface area contributed by atoms with Crippen molar-refractivity contribution in [1.82, 2.24) is 15.5 Å². The van der Waals surface area contributed by atoms with Crippen molar-refractivity contribution in [3.8, 4) is 0 Å². The molecule has 0 radical (unpaired) electrons. The summed E-state index contributed by atoms with van der Waals surface area (Å²) in [6, 6.07) is 0.0787. The fraction of sp³-hybridized carbons (Fsp3) is 0.500. The first-order chi connectivity index (χ1) is 9.49. The van der Waals surface area contributed by atoms with E-state index in [0.29, 0.717) is 10.6 Å². The maximum Gasteiger partial charge on any atom is 0.263 e. The van der Waals surface area contributed by atoms with Crippen molar-refractivity contribution in [2.24, 2.45) is 0 Å². The Bertz CT molecular complexity index is 648. The first-order valence-electron chi connectivity index (χ1n) is 6.86. The number of nitrogens with zero attached hydrogens (tertiary/aromatic N) is 2. The largest absolute Gasteiger partial charge is 0.397 e. The van der Waals surface area contributed by atoms with Crippen LogP contribution >= 0.6 is 11.3 Å². The molecule has 2 aromatic rings. The second kappa shape index (κ2) is 5.75. The minimum absolute atomic E-state index is 0.0787. The fourth-order valence-corrected chi connectivity index (χ4v) is 3.24. The molecule has 0 aromatic carbocycles. The van der Waals surface area contributed by atoms with Gasteiger partial charge >= 0.3 is 0 Å². The Kier molecular flexibility index (Phi) is 4.23. The Morgan fingerprint density at radius 1 is 1.30 bits per heavy atom. The molecule has 2 heterocycles. The summed E-state index contributed by atoms with van der Waals surface area (Å²) < 4.78 is 0. The highest BCUT2D eigenvalue weighted by atomic mass is 32.1. The molecular formula is C14H20N4OS. The van der Waals surface area contributed by atoms with Gasteiger partial charge in [-0.3, -0.25) is 4.79 Å². The zero-order valence-corrected chi connectivity index (χ0v) is 13.1. The van der Waals surface area contributed by atoms with Crippen LogP contribution in [0, 0.1) is 0 Å². The zero-order chi connectivity index (χ0) is 14.9. The molecule has 0 saturated carbocycles. The van der Waals surface area contributed by atoms with E-state index in [-0.39, 0.29) is 11.9 Å². The third-order valence-electron chi connectivity index (χ3n) is 3.15. The molecule has 0 saturated heterocycles. The summed E-state index contributed by atoms with van der Waals surface area (Å²) in [5, 5.41) is 12.2. The van der Waals surface area contributed by atoms with Crippen LogP contribution in [0.25, 0.3) is 10.2 Å². The number of hydrogen-bond donors (Lipinski definition) is 2. The second-order valence-corrected chi connectivity index (χ2v) is 5.98. The third-order valence-corrected chi connectivity index (χ3v) is 4.24. The number of nitrogens with two attached hydrogens (primary N) is 1. The van der Waals surface area contributed by atoms with Crippen LogP contribution in [-0.4, -0.2) is 22.1 Å². The number of aromatic nitrogens is 2. The SMILES string of the molecule is CCc1nnc2sc(C(=O)NC(C)C)c(N)c2c1CC. The van der Waals surface area contributed by atoms with Gasteiger partial charge in [0.15, 0.2) is 0 Å². The van der Waals surface area contributed by atoms with Gasteiger partial charge < -0.3 is 11.1 Å². The average Bonchev–Trinajstić information content (AvgIpc) is 2.74. The van der Waals surface area contributed by atoms with Crippen molar-refractivity contribution >= 4 is 33.1 Å². The summed E-state index contributed by atoms with van der Waals surface area (Å²) in [7, 11) is 0. The number of fused-ring (bicyclic) bond motifs is 1. The number of carbonyl (C=O) groups is 1. The molecule has 5 nitrogen and oxygen atoms in total. The Hall–Kier alpha value is -1.69. The summed E-state index contributed by atoms with van der Waals surface area (Å²) in [5.41, 5.74) is 8.79. The molecule has 0 atom stereocenters. The number of thiophene rings is 1. The van der Waals surface area contributed by atoms with E-state index in [1.807, 2.05) is 20.8 Å². The van der Waals surface area contributed by atoms with Gasteiger partial charge in [-0.15, -0.1) is 16.4 Å². The first kappa shape index (κ1) is 14.7. The molecule has 0 spiro atoms. The van der Waals surface area contributed by atoms with Crippen molar-refractivity contribution < 1.29 is 4.79 Å². The lowest BCUT2D eigenvalue weighted by Gasteiger charge is -2.08. The lowest BCUT2D eigenvalue weighted by Crippen LogP contribution is -2.29. The highest BCUT2D eigenvalue weighted by Gasteiger charge is 2.21. The fourth-order valence-electron chi connectivity index (χ4n) is 2.27. The molecule has 0 bridgehead atoms. The Balaban J connectivity index is 2.61. The maximum atomic E-state index is 12.2. The number of carbonyl (C=O) groups excluding carboxylic acids is 1. The van der Waals surface area contributed by atoms with Crippen LogP contribution in [0.3, 0.4) is 0 Å². The topological polar surface area (TPSA) is 80.9 Å². The van der Waals surface area contributed by atoms with Crippen LogP contribution in [-0.2, 0) is 12.8 Å². The first-order valence-corrected chi connectivity index (χ1v) is 7.68. The standard InChI is InChI=1S/C14H20N4OS/c1-5-8-9(6-2)17-18-14-10(8)11(15)12(20-14)13(19)16-7(3)4/h7H,5-6,15H2,1-4H3,(H,16,19). The van der Waals surface area contributed by atoms with Crippen LogP contribution in [0.5, 0.6) is 0 Å². The number of amides is 1. The molecule has 1 amide bonds. The summed E-state index contributed by atoms with van der Waals surface area (Å²) in [5.74, 6) is -0.138. The van der Waals surface area contributed by atoms with E-state index in [1.165, 1.54) is 11.3 Å². The lowest BCUT2D eigenvalue weighted by atomic mass is 10.1. The van der Waals surface area contributed by atoms with Crippen molar-refractivity contribution in [1.29, 1.82) is 0 Å². The quantitative estimate of drug-likeness (QED) is 0.907. The summed E-state index contributed by atoms with van der Waals surface area (Å²) >= 11 is 1.31. The normalized spacial score (nSPS) is 11.2. The van der Waals surface area contributed by atoms with E-state index >= 15 is 0 Å². The predicted octanol–water partition coefficient (Wildman–Crippen LogP) is 2.54. The van der Waals surface area contributed by atoms with Crippen molar-refractivity contribution in [2.45, 2.75) is 46.6 Å². The van der Waals surface area contributed by atoms with Gasteiger partial charge in [0.05, 0.1) is 11.4 Å². The second-order valence-electron chi connectivity index (χ2n) is 4.99. The smallest absolute Gasteiger partial charge is 0.263 e. The van der Waals surface area contributed by atoms with Gasteiger partial charge in [0.25, 0.3) is 5.91 Å². The molecule has 2 rings (SSSR count). The summed E-state index contributed by atoms with van der Waals surface area (Å²) in [6.07, 6.45) is 1.65. The number of aryl methyl sites for hydroxylation is 2. The van der Waals surface area contributed by atoms with E-state index < -0.39 is 0 Å². The molecule has 0 fully saturated rings. The van der Waals surface area contributed by atoms with Crippen LogP contribution in [0.4, 0.5) is 5.69 Å². The minimum atomic E-state index is -0.138. The highest BCUT2D eigenvalue weighted by Crippen LogP contribution is 2.35. The Morgan fingerprint density at radius 3 is 2.55 bits per heavy atom. The number of anilines is 1. The molecule has 0 aliphatic carbocycles. The van der Waals surface area contributed by atoms with Gasteiger partial charge in [-0.05, 0) is 32.3 Å². The Morgan fingerprint density at radius 2 is 2.00 bits per heavy atom. The monoisotopic (exact) mass is 292 g/mol. The third kappa shape index (κ3) is 2.47. The number of nitrogen functional groups attached to an aromatic ring is 1. The summed E-state index contributed by atoms with van der Waals surface area (Å²) in [6.45, 7) is 7.96. The summed E-state index contributed by atoms with van der Waals surface area (Å²) in [4.78, 5) is 13.4. The van der Waals surface area contributed by atoms with E-state index in [0.717, 1.165) is 34.3 Å².